The molecule has 0 radical (unpaired) electrons. The van der Waals surface area contributed by atoms with E-state index in [1.54, 1.807) is 4.90 Å². The minimum Gasteiger partial charge on any atom is -0.366 e. The minimum absolute atomic E-state index is 0.0690. The number of nitrogens with zero attached hydrogens (tertiary/aromatic N) is 2. The molecule has 0 saturated carbocycles. The molecular weight excluding hydrogens is 261 g/mol. The van der Waals surface area contributed by atoms with Crippen molar-refractivity contribution in [1.29, 1.82) is 0 Å². The summed E-state index contributed by atoms with van der Waals surface area (Å²) < 4.78 is 38.0. The smallest absolute Gasteiger partial charge is 0.366 e. The Labute approximate surface area is 108 Å². The van der Waals surface area contributed by atoms with E-state index in [0.29, 0.717) is 13.1 Å². The summed E-state index contributed by atoms with van der Waals surface area (Å²) >= 11 is 0. The fourth-order valence-electron chi connectivity index (χ4n) is 2.24. The van der Waals surface area contributed by atoms with Crippen LogP contribution in [0.5, 0.6) is 0 Å². The second kappa shape index (κ2) is 5.07. The zero-order valence-corrected chi connectivity index (χ0v) is 10.1. The van der Waals surface area contributed by atoms with Crippen molar-refractivity contribution in [3.63, 3.8) is 0 Å². The molecule has 1 heterocycles. The van der Waals surface area contributed by atoms with E-state index in [4.69, 9.17) is 0 Å². The van der Waals surface area contributed by atoms with Crippen LogP contribution in [0.3, 0.4) is 0 Å². The summed E-state index contributed by atoms with van der Waals surface area (Å²) in [4.78, 5) is 12.0. The molecule has 1 aliphatic heterocycles. The molecule has 0 unspecified atom stereocenters. The van der Waals surface area contributed by atoms with Crippen LogP contribution < -0.4 is 4.90 Å². The van der Waals surface area contributed by atoms with Gasteiger partial charge < -0.3 is 4.90 Å². The summed E-state index contributed by atoms with van der Waals surface area (Å²) in [5.41, 5.74) is -1.05. The monoisotopic (exact) mass is 274 g/mol. The fourth-order valence-corrected chi connectivity index (χ4v) is 2.24. The number of hydrogen-bond donors (Lipinski definition) is 0. The number of nitro benzene ring substituents is 1. The Morgan fingerprint density at radius 3 is 2.32 bits per heavy atom. The van der Waals surface area contributed by atoms with E-state index < -0.39 is 16.7 Å². The Morgan fingerprint density at radius 1 is 1.16 bits per heavy atom. The molecule has 0 bridgehead atoms. The Hall–Kier alpha value is -1.79. The highest BCUT2D eigenvalue weighted by atomic mass is 19.4. The van der Waals surface area contributed by atoms with Crippen molar-refractivity contribution in [2.45, 2.75) is 25.4 Å². The summed E-state index contributed by atoms with van der Waals surface area (Å²) in [5, 5.41) is 10.9. The van der Waals surface area contributed by atoms with Gasteiger partial charge in [-0.25, -0.2) is 0 Å². The molecule has 0 N–H and O–H groups in total. The normalized spacial score (nSPS) is 16.5. The Balaban J connectivity index is 2.44. The SMILES string of the molecule is O=[N+]([O-])c1ccc(C(F)(F)F)cc1N1CCCCC1. The summed E-state index contributed by atoms with van der Waals surface area (Å²) in [6.07, 6.45) is -1.80. The fraction of sp³-hybridized carbons (Fsp3) is 0.500. The number of anilines is 1. The lowest BCUT2D eigenvalue weighted by Gasteiger charge is -2.28. The standard InChI is InChI=1S/C12H13F3N2O2/c13-12(14,15)9-4-5-10(17(18)19)11(8-9)16-6-2-1-3-7-16/h4-5,8H,1-3,6-7H2. The quantitative estimate of drug-likeness (QED) is 0.611. The van der Waals surface area contributed by atoms with Gasteiger partial charge in [0.1, 0.15) is 5.69 Å². The zero-order chi connectivity index (χ0) is 14.0. The third-order valence-corrected chi connectivity index (χ3v) is 3.20. The highest BCUT2D eigenvalue weighted by Gasteiger charge is 2.33. The largest absolute Gasteiger partial charge is 0.416 e. The molecule has 104 valence electrons. The van der Waals surface area contributed by atoms with Crippen LogP contribution in [0.4, 0.5) is 24.5 Å². The first-order chi connectivity index (χ1) is 8.89. The van der Waals surface area contributed by atoms with Gasteiger partial charge in [-0.15, -0.1) is 0 Å². The van der Waals surface area contributed by atoms with Crippen molar-refractivity contribution in [2.24, 2.45) is 0 Å². The van der Waals surface area contributed by atoms with Gasteiger partial charge in [-0.05, 0) is 31.4 Å². The van der Waals surface area contributed by atoms with Gasteiger partial charge in [0.15, 0.2) is 0 Å². The summed E-state index contributed by atoms with van der Waals surface area (Å²) in [6, 6.07) is 2.57. The van der Waals surface area contributed by atoms with Crippen molar-refractivity contribution >= 4 is 11.4 Å². The summed E-state index contributed by atoms with van der Waals surface area (Å²) in [7, 11) is 0. The average molecular weight is 274 g/mol. The molecule has 19 heavy (non-hydrogen) atoms. The zero-order valence-electron chi connectivity index (χ0n) is 10.1. The van der Waals surface area contributed by atoms with Gasteiger partial charge in [0.25, 0.3) is 5.69 Å². The van der Waals surface area contributed by atoms with Crippen LogP contribution in [-0.4, -0.2) is 18.0 Å². The number of rotatable bonds is 2. The molecule has 1 saturated heterocycles. The van der Waals surface area contributed by atoms with E-state index >= 15 is 0 Å². The second-order valence-corrected chi connectivity index (χ2v) is 4.51. The summed E-state index contributed by atoms with van der Waals surface area (Å²) in [5.74, 6) is 0. The van der Waals surface area contributed by atoms with Gasteiger partial charge in [0, 0.05) is 19.2 Å². The molecule has 1 fully saturated rings. The van der Waals surface area contributed by atoms with Crippen LogP contribution in [-0.2, 0) is 6.18 Å². The van der Waals surface area contributed by atoms with Crippen molar-refractivity contribution in [2.75, 3.05) is 18.0 Å². The Bertz CT molecular complexity index is 482. The number of benzene rings is 1. The molecule has 1 aromatic rings. The molecule has 0 aliphatic carbocycles. The molecule has 1 aliphatic rings. The van der Waals surface area contributed by atoms with Crippen LogP contribution in [0.1, 0.15) is 24.8 Å². The van der Waals surface area contributed by atoms with E-state index in [2.05, 4.69) is 0 Å². The Morgan fingerprint density at radius 2 is 1.79 bits per heavy atom. The van der Waals surface area contributed by atoms with Crippen LogP contribution in [0.2, 0.25) is 0 Å². The van der Waals surface area contributed by atoms with Gasteiger partial charge in [0.05, 0.1) is 10.5 Å². The first-order valence-corrected chi connectivity index (χ1v) is 6.00. The van der Waals surface area contributed by atoms with Gasteiger partial charge >= 0.3 is 6.18 Å². The summed E-state index contributed by atoms with van der Waals surface area (Å²) in [6.45, 7) is 1.12. The molecule has 0 spiro atoms. The topological polar surface area (TPSA) is 46.4 Å². The van der Waals surface area contributed by atoms with Crippen LogP contribution in [0.15, 0.2) is 18.2 Å². The van der Waals surface area contributed by atoms with Crippen molar-refractivity contribution in [3.8, 4) is 0 Å². The average Bonchev–Trinajstić information content (AvgIpc) is 2.38. The van der Waals surface area contributed by atoms with E-state index in [1.165, 1.54) is 0 Å². The van der Waals surface area contributed by atoms with Crippen LogP contribution in [0, 0.1) is 10.1 Å². The highest BCUT2D eigenvalue weighted by Crippen LogP contribution is 2.37. The lowest BCUT2D eigenvalue weighted by atomic mass is 10.1. The van der Waals surface area contributed by atoms with Crippen molar-refractivity contribution in [1.82, 2.24) is 0 Å². The first kappa shape index (κ1) is 13.6. The first-order valence-electron chi connectivity index (χ1n) is 6.00. The van der Waals surface area contributed by atoms with E-state index in [-0.39, 0.29) is 11.4 Å². The third-order valence-electron chi connectivity index (χ3n) is 3.20. The number of piperidine rings is 1. The van der Waals surface area contributed by atoms with Crippen molar-refractivity contribution < 1.29 is 18.1 Å². The number of halogens is 3. The van der Waals surface area contributed by atoms with E-state index in [1.807, 2.05) is 0 Å². The molecular formula is C12H13F3N2O2. The second-order valence-electron chi connectivity index (χ2n) is 4.51. The van der Waals surface area contributed by atoms with Gasteiger partial charge in [-0.1, -0.05) is 0 Å². The Kier molecular flexibility index (Phi) is 3.64. The molecule has 0 aromatic heterocycles. The lowest BCUT2D eigenvalue weighted by molar-refractivity contribution is -0.384. The third kappa shape index (κ3) is 2.97. The predicted molar refractivity (Wildman–Crippen MR) is 64.2 cm³/mol. The van der Waals surface area contributed by atoms with Crippen molar-refractivity contribution in [3.05, 3.63) is 33.9 Å². The van der Waals surface area contributed by atoms with Gasteiger partial charge in [0.2, 0.25) is 0 Å². The molecule has 0 amide bonds. The maximum Gasteiger partial charge on any atom is 0.416 e. The highest BCUT2D eigenvalue weighted by molar-refractivity contribution is 5.65. The molecule has 4 nitrogen and oxygen atoms in total. The van der Waals surface area contributed by atoms with E-state index in [9.17, 15) is 23.3 Å². The maximum absolute atomic E-state index is 12.7. The predicted octanol–water partition coefficient (Wildman–Crippen LogP) is 3.60. The van der Waals surface area contributed by atoms with Gasteiger partial charge in [-0.2, -0.15) is 13.2 Å². The molecule has 0 atom stereocenters. The van der Waals surface area contributed by atoms with Gasteiger partial charge in [-0.3, -0.25) is 10.1 Å². The van der Waals surface area contributed by atoms with Crippen LogP contribution in [0.25, 0.3) is 0 Å². The molecule has 7 heteroatoms. The van der Waals surface area contributed by atoms with Crippen LogP contribution >= 0.6 is 0 Å². The number of alkyl halides is 3. The molecule has 1 aromatic carbocycles. The van der Waals surface area contributed by atoms with E-state index in [0.717, 1.165) is 37.5 Å². The maximum atomic E-state index is 12.7. The number of hydrogen-bond acceptors (Lipinski definition) is 3. The minimum atomic E-state index is -4.49. The molecule has 2 rings (SSSR count). The lowest BCUT2D eigenvalue weighted by Crippen LogP contribution is -2.30. The number of nitro groups is 1.